The summed E-state index contributed by atoms with van der Waals surface area (Å²) in [6.07, 6.45) is 0.954. The third-order valence-electron chi connectivity index (χ3n) is 1.95. The topological polar surface area (TPSA) is 44.8 Å². The lowest BCUT2D eigenvalue weighted by Gasteiger charge is -2.11. The molecule has 0 unspecified atom stereocenters. The van der Waals surface area contributed by atoms with Gasteiger partial charge in [-0.05, 0) is 30.0 Å². The van der Waals surface area contributed by atoms with Crippen molar-refractivity contribution in [2.24, 2.45) is 5.92 Å². The molecule has 0 aliphatic heterocycles. The van der Waals surface area contributed by atoms with Crippen molar-refractivity contribution in [2.45, 2.75) is 20.3 Å². The number of hydrogen-bond donors (Lipinski definition) is 0. The Hall–Kier alpha value is -0.250. The summed E-state index contributed by atoms with van der Waals surface area (Å²) < 4.78 is 24.4. The van der Waals surface area contributed by atoms with Crippen LogP contribution < -0.4 is 4.52 Å². The van der Waals surface area contributed by atoms with Crippen LogP contribution in [0.25, 0.3) is 0 Å². The van der Waals surface area contributed by atoms with E-state index in [0.717, 1.165) is 12.0 Å². The molecule has 0 saturated heterocycles. The molecule has 17 heavy (non-hydrogen) atoms. The van der Waals surface area contributed by atoms with Crippen LogP contribution in [0.1, 0.15) is 19.4 Å². The van der Waals surface area contributed by atoms with Crippen molar-refractivity contribution >= 4 is 31.6 Å². The minimum Gasteiger partial charge on any atom is -0.402 e. The van der Waals surface area contributed by atoms with E-state index < -0.39 is 7.82 Å². The van der Waals surface area contributed by atoms with Crippen molar-refractivity contribution in [1.82, 2.24) is 0 Å². The zero-order chi connectivity index (χ0) is 12.9. The Labute approximate surface area is 111 Å². The highest BCUT2D eigenvalue weighted by Crippen LogP contribution is 2.51. The molecular formula is C10H13Cl2O4P. The van der Waals surface area contributed by atoms with Crippen LogP contribution in [-0.2, 0) is 19.1 Å². The predicted octanol–water partition coefficient (Wildman–Crippen LogP) is 4.71. The fourth-order valence-electron chi connectivity index (χ4n) is 1.33. The van der Waals surface area contributed by atoms with E-state index >= 15 is 0 Å². The molecule has 0 atom stereocenters. The number of hydrogen-bond acceptors (Lipinski definition) is 4. The van der Waals surface area contributed by atoms with Gasteiger partial charge in [-0.3, -0.25) is 0 Å². The summed E-state index contributed by atoms with van der Waals surface area (Å²) in [7, 11) is -3.91. The van der Waals surface area contributed by atoms with Crippen molar-refractivity contribution < 1.29 is 17.2 Å². The van der Waals surface area contributed by atoms with Crippen LogP contribution in [0.4, 0.5) is 0 Å². The summed E-state index contributed by atoms with van der Waals surface area (Å²) in [5.74, 6) is 0.868. The summed E-state index contributed by atoms with van der Waals surface area (Å²) in [6.45, 7) is 4.25. The summed E-state index contributed by atoms with van der Waals surface area (Å²) in [4.78, 5) is 0. The van der Waals surface area contributed by atoms with E-state index in [0.29, 0.717) is 11.7 Å². The van der Waals surface area contributed by atoms with Gasteiger partial charge in [0.05, 0.1) is 23.7 Å². The van der Waals surface area contributed by atoms with Gasteiger partial charge in [-0.2, -0.15) is 8.15 Å². The molecule has 0 heterocycles. The van der Waals surface area contributed by atoms with Crippen LogP contribution in [0, 0.1) is 5.92 Å². The molecule has 4 nitrogen and oxygen atoms in total. The Kier molecular flexibility index (Phi) is 5.77. The quantitative estimate of drug-likeness (QED) is 0.713. The lowest BCUT2D eigenvalue weighted by Crippen LogP contribution is -1.95. The zero-order valence-corrected chi connectivity index (χ0v) is 11.8. The molecule has 96 valence electrons. The SMILES string of the molecule is CC(C)Cc1ccc(OP(=O)(OCl)OCl)cc1. The molecule has 0 amide bonds. The van der Waals surface area contributed by atoms with E-state index in [1.54, 1.807) is 12.1 Å². The highest BCUT2D eigenvalue weighted by atomic mass is 35.5. The zero-order valence-electron chi connectivity index (χ0n) is 9.43. The van der Waals surface area contributed by atoms with Gasteiger partial charge < -0.3 is 4.52 Å². The van der Waals surface area contributed by atoms with E-state index in [4.69, 9.17) is 28.3 Å². The first-order chi connectivity index (χ1) is 7.99. The van der Waals surface area contributed by atoms with Gasteiger partial charge in [0.1, 0.15) is 5.75 Å². The monoisotopic (exact) mass is 298 g/mol. The first-order valence-corrected chi connectivity index (χ1v) is 7.06. The van der Waals surface area contributed by atoms with Crippen molar-refractivity contribution in [3.63, 3.8) is 0 Å². The maximum absolute atomic E-state index is 11.5. The molecular weight excluding hydrogens is 286 g/mol. The van der Waals surface area contributed by atoms with E-state index in [1.807, 2.05) is 12.1 Å². The van der Waals surface area contributed by atoms with Crippen molar-refractivity contribution in [1.29, 1.82) is 0 Å². The van der Waals surface area contributed by atoms with Crippen LogP contribution in [-0.4, -0.2) is 0 Å². The van der Waals surface area contributed by atoms with Gasteiger partial charge >= 0.3 is 7.82 Å². The average Bonchev–Trinajstić information content (AvgIpc) is 2.31. The number of benzene rings is 1. The molecule has 7 heteroatoms. The molecule has 0 aliphatic carbocycles. The number of rotatable bonds is 6. The molecule has 0 aromatic heterocycles. The molecule has 0 spiro atoms. The second kappa shape index (κ2) is 6.62. The molecule has 0 aliphatic rings. The lowest BCUT2D eigenvalue weighted by molar-refractivity contribution is 0.318. The number of halogens is 2. The van der Waals surface area contributed by atoms with Crippen LogP contribution in [0.2, 0.25) is 0 Å². The highest BCUT2D eigenvalue weighted by Gasteiger charge is 2.28. The van der Waals surface area contributed by atoms with E-state index in [9.17, 15) is 4.57 Å². The normalized spacial score (nSPS) is 11.8. The average molecular weight is 299 g/mol. The minimum atomic E-state index is -3.91. The van der Waals surface area contributed by atoms with Crippen molar-refractivity contribution in [3.8, 4) is 5.75 Å². The van der Waals surface area contributed by atoms with Gasteiger partial charge in [0, 0.05) is 0 Å². The Morgan fingerprint density at radius 2 is 1.71 bits per heavy atom. The Balaban J connectivity index is 2.71. The smallest absolute Gasteiger partial charge is 0.402 e. The molecule has 1 aromatic carbocycles. The van der Waals surface area contributed by atoms with Crippen LogP contribution >= 0.6 is 31.6 Å². The molecule has 0 N–H and O–H groups in total. The first-order valence-electron chi connectivity index (χ1n) is 4.98. The van der Waals surface area contributed by atoms with Crippen LogP contribution in [0.5, 0.6) is 5.75 Å². The summed E-state index contributed by atoms with van der Waals surface area (Å²) in [6, 6.07) is 7.02. The largest absolute Gasteiger partial charge is 0.563 e. The van der Waals surface area contributed by atoms with Crippen LogP contribution in [0.15, 0.2) is 24.3 Å². The van der Waals surface area contributed by atoms with E-state index in [-0.39, 0.29) is 0 Å². The second-order valence-electron chi connectivity index (χ2n) is 3.92. The predicted molar refractivity (Wildman–Crippen MR) is 67.1 cm³/mol. The minimum absolute atomic E-state index is 0.308. The third kappa shape index (κ3) is 4.86. The highest BCUT2D eigenvalue weighted by molar-refractivity contribution is 7.50. The molecule has 1 aromatic rings. The summed E-state index contributed by atoms with van der Waals surface area (Å²) in [5, 5.41) is 0. The Morgan fingerprint density at radius 3 is 2.12 bits per heavy atom. The molecule has 0 radical (unpaired) electrons. The third-order valence-corrected chi connectivity index (χ3v) is 3.74. The Morgan fingerprint density at radius 1 is 1.18 bits per heavy atom. The first kappa shape index (κ1) is 14.8. The van der Waals surface area contributed by atoms with Gasteiger partial charge in [-0.25, -0.2) is 4.57 Å². The molecule has 0 fully saturated rings. The summed E-state index contributed by atoms with van der Waals surface area (Å²) >= 11 is 9.92. The van der Waals surface area contributed by atoms with Gasteiger partial charge in [0.2, 0.25) is 0 Å². The van der Waals surface area contributed by atoms with Crippen LogP contribution in [0.3, 0.4) is 0 Å². The van der Waals surface area contributed by atoms with Gasteiger partial charge in [0.15, 0.2) is 0 Å². The lowest BCUT2D eigenvalue weighted by atomic mass is 10.0. The van der Waals surface area contributed by atoms with Crippen molar-refractivity contribution in [2.75, 3.05) is 0 Å². The van der Waals surface area contributed by atoms with E-state index in [2.05, 4.69) is 22.0 Å². The summed E-state index contributed by atoms with van der Waals surface area (Å²) in [5.41, 5.74) is 1.15. The fraction of sp³-hybridized carbons (Fsp3) is 0.400. The maximum Gasteiger partial charge on any atom is 0.563 e. The molecule has 0 bridgehead atoms. The molecule has 0 saturated carbocycles. The number of phosphoric acid groups is 1. The standard InChI is InChI=1S/C10H13Cl2O4P/c1-8(2)7-9-3-5-10(6-4-9)14-17(13,15-11)16-12/h3-6,8H,7H2,1-2H3. The Bertz CT molecular complexity index is 386. The molecule has 1 rings (SSSR count). The maximum atomic E-state index is 11.5. The van der Waals surface area contributed by atoms with Gasteiger partial charge in [-0.1, -0.05) is 26.0 Å². The van der Waals surface area contributed by atoms with Crippen molar-refractivity contribution in [3.05, 3.63) is 29.8 Å². The van der Waals surface area contributed by atoms with Gasteiger partial charge in [0.25, 0.3) is 0 Å². The fourth-order valence-corrected chi connectivity index (χ4v) is 2.21. The van der Waals surface area contributed by atoms with Gasteiger partial charge in [-0.15, -0.1) is 0 Å². The van der Waals surface area contributed by atoms with E-state index in [1.165, 1.54) is 0 Å². The second-order valence-corrected chi connectivity index (χ2v) is 6.10.